The molecular formula is C13H14O3. The number of furan rings is 1. The lowest BCUT2D eigenvalue weighted by molar-refractivity contribution is 0.0492. The Morgan fingerprint density at radius 2 is 2.12 bits per heavy atom. The van der Waals surface area contributed by atoms with E-state index < -0.39 is 5.97 Å². The van der Waals surface area contributed by atoms with E-state index in [9.17, 15) is 4.79 Å². The van der Waals surface area contributed by atoms with Crippen molar-refractivity contribution in [2.45, 2.75) is 20.3 Å². The van der Waals surface area contributed by atoms with Crippen molar-refractivity contribution in [3.05, 3.63) is 35.6 Å². The van der Waals surface area contributed by atoms with E-state index in [-0.39, 0.29) is 5.76 Å². The molecule has 0 amide bonds. The molecule has 1 aromatic heterocycles. The standard InChI is InChI=1S/C13H14O3/c1-3-9-5-6-10-8-12(13(14)15-4-2)16-11(10)7-9/h5-8H,3-4H2,1-2H3. The molecule has 2 rings (SSSR count). The first-order valence-corrected chi connectivity index (χ1v) is 5.44. The van der Waals surface area contributed by atoms with Crippen LogP contribution in [0.15, 0.2) is 28.7 Å². The number of aryl methyl sites for hydroxylation is 1. The van der Waals surface area contributed by atoms with Gasteiger partial charge in [-0.05, 0) is 31.0 Å². The largest absolute Gasteiger partial charge is 0.460 e. The molecule has 0 N–H and O–H groups in total. The van der Waals surface area contributed by atoms with Gasteiger partial charge >= 0.3 is 5.97 Å². The number of ether oxygens (including phenoxy) is 1. The van der Waals surface area contributed by atoms with E-state index in [1.54, 1.807) is 13.0 Å². The molecule has 0 bridgehead atoms. The minimum absolute atomic E-state index is 0.269. The maximum Gasteiger partial charge on any atom is 0.374 e. The summed E-state index contributed by atoms with van der Waals surface area (Å²) in [6, 6.07) is 7.66. The summed E-state index contributed by atoms with van der Waals surface area (Å²) in [5.74, 6) is -0.137. The highest BCUT2D eigenvalue weighted by atomic mass is 16.5. The summed E-state index contributed by atoms with van der Waals surface area (Å²) in [5, 5.41) is 0.931. The zero-order valence-corrected chi connectivity index (χ0v) is 9.45. The van der Waals surface area contributed by atoms with E-state index in [1.165, 1.54) is 5.56 Å². The fourth-order valence-corrected chi connectivity index (χ4v) is 1.60. The normalized spacial score (nSPS) is 10.6. The van der Waals surface area contributed by atoms with Gasteiger partial charge in [-0.1, -0.05) is 19.1 Å². The van der Waals surface area contributed by atoms with Crippen LogP contribution in [0.3, 0.4) is 0 Å². The first kappa shape index (κ1) is 10.7. The predicted octanol–water partition coefficient (Wildman–Crippen LogP) is 3.17. The molecule has 1 aromatic carbocycles. The summed E-state index contributed by atoms with van der Waals surface area (Å²) in [5.41, 5.74) is 1.93. The molecule has 0 fully saturated rings. The second kappa shape index (κ2) is 4.39. The zero-order chi connectivity index (χ0) is 11.5. The van der Waals surface area contributed by atoms with Gasteiger partial charge in [-0.3, -0.25) is 0 Å². The van der Waals surface area contributed by atoms with Crippen LogP contribution in [-0.2, 0) is 11.2 Å². The molecule has 1 heterocycles. The third-order valence-electron chi connectivity index (χ3n) is 2.47. The second-order valence-electron chi connectivity index (χ2n) is 3.56. The highest BCUT2D eigenvalue weighted by molar-refractivity contribution is 5.92. The maximum atomic E-state index is 11.5. The Morgan fingerprint density at radius 3 is 2.81 bits per heavy atom. The third-order valence-corrected chi connectivity index (χ3v) is 2.47. The number of carbonyl (C=O) groups excluding carboxylic acids is 1. The molecule has 0 aliphatic carbocycles. The Kier molecular flexibility index (Phi) is 2.95. The quantitative estimate of drug-likeness (QED) is 0.743. The van der Waals surface area contributed by atoms with Crippen LogP contribution in [0.4, 0.5) is 0 Å². The molecule has 3 heteroatoms. The molecule has 0 saturated carbocycles. The van der Waals surface area contributed by atoms with Gasteiger partial charge in [0, 0.05) is 5.39 Å². The Labute approximate surface area is 94.0 Å². The van der Waals surface area contributed by atoms with Gasteiger partial charge in [0.05, 0.1) is 6.61 Å². The molecule has 0 saturated heterocycles. The Balaban J connectivity index is 2.39. The van der Waals surface area contributed by atoms with Crippen LogP contribution < -0.4 is 0 Å². The molecule has 0 atom stereocenters. The van der Waals surface area contributed by atoms with Crippen molar-refractivity contribution in [2.75, 3.05) is 6.61 Å². The Morgan fingerprint density at radius 1 is 1.31 bits per heavy atom. The lowest BCUT2D eigenvalue weighted by Crippen LogP contribution is -2.02. The van der Waals surface area contributed by atoms with E-state index in [1.807, 2.05) is 18.2 Å². The topological polar surface area (TPSA) is 39.4 Å². The summed E-state index contributed by atoms with van der Waals surface area (Å²) in [7, 11) is 0. The van der Waals surface area contributed by atoms with Crippen molar-refractivity contribution in [2.24, 2.45) is 0 Å². The van der Waals surface area contributed by atoms with Crippen molar-refractivity contribution in [1.29, 1.82) is 0 Å². The molecule has 2 aromatic rings. The number of esters is 1. The van der Waals surface area contributed by atoms with E-state index in [0.29, 0.717) is 6.61 Å². The Bertz CT molecular complexity index is 511. The van der Waals surface area contributed by atoms with Crippen LogP contribution in [0.1, 0.15) is 30.0 Å². The van der Waals surface area contributed by atoms with Crippen LogP contribution >= 0.6 is 0 Å². The molecule has 0 aliphatic rings. The molecule has 0 radical (unpaired) electrons. The lowest BCUT2D eigenvalue weighted by Gasteiger charge is -1.96. The van der Waals surface area contributed by atoms with Crippen molar-refractivity contribution in [3.8, 4) is 0 Å². The van der Waals surface area contributed by atoms with Gasteiger partial charge in [-0.15, -0.1) is 0 Å². The number of rotatable bonds is 3. The first-order chi connectivity index (χ1) is 7.74. The highest BCUT2D eigenvalue weighted by Crippen LogP contribution is 2.21. The summed E-state index contributed by atoms with van der Waals surface area (Å²) in [6.45, 7) is 4.21. The van der Waals surface area contributed by atoms with Gasteiger partial charge in [-0.2, -0.15) is 0 Å². The second-order valence-corrected chi connectivity index (χ2v) is 3.56. The van der Waals surface area contributed by atoms with Gasteiger partial charge in [0.15, 0.2) is 0 Å². The number of hydrogen-bond acceptors (Lipinski definition) is 3. The van der Waals surface area contributed by atoms with Gasteiger partial charge in [0.2, 0.25) is 5.76 Å². The fraction of sp³-hybridized carbons (Fsp3) is 0.308. The monoisotopic (exact) mass is 218 g/mol. The van der Waals surface area contributed by atoms with Gasteiger partial charge < -0.3 is 9.15 Å². The highest BCUT2D eigenvalue weighted by Gasteiger charge is 2.12. The smallest absolute Gasteiger partial charge is 0.374 e. The van der Waals surface area contributed by atoms with Crippen molar-refractivity contribution in [3.63, 3.8) is 0 Å². The lowest BCUT2D eigenvalue weighted by atomic mass is 10.1. The number of carbonyl (C=O) groups is 1. The summed E-state index contributed by atoms with van der Waals surface area (Å²) in [4.78, 5) is 11.5. The fourth-order valence-electron chi connectivity index (χ4n) is 1.60. The Hall–Kier alpha value is -1.77. The molecule has 84 valence electrons. The molecule has 0 unspecified atom stereocenters. The van der Waals surface area contributed by atoms with Gasteiger partial charge in [0.25, 0.3) is 0 Å². The molecule has 0 spiro atoms. The minimum Gasteiger partial charge on any atom is -0.460 e. The van der Waals surface area contributed by atoms with E-state index >= 15 is 0 Å². The third kappa shape index (κ3) is 1.94. The summed E-state index contributed by atoms with van der Waals surface area (Å²) < 4.78 is 10.3. The van der Waals surface area contributed by atoms with Crippen LogP contribution in [-0.4, -0.2) is 12.6 Å². The molecule has 3 nitrogen and oxygen atoms in total. The number of benzene rings is 1. The van der Waals surface area contributed by atoms with Crippen molar-refractivity contribution in [1.82, 2.24) is 0 Å². The van der Waals surface area contributed by atoms with Crippen LogP contribution in [0, 0.1) is 0 Å². The molecule has 16 heavy (non-hydrogen) atoms. The van der Waals surface area contributed by atoms with Crippen molar-refractivity contribution < 1.29 is 13.9 Å². The van der Waals surface area contributed by atoms with Crippen LogP contribution in [0.25, 0.3) is 11.0 Å². The van der Waals surface area contributed by atoms with Gasteiger partial charge in [-0.25, -0.2) is 4.79 Å². The van der Waals surface area contributed by atoms with Crippen LogP contribution in [0.5, 0.6) is 0 Å². The van der Waals surface area contributed by atoms with Gasteiger partial charge in [0.1, 0.15) is 5.58 Å². The minimum atomic E-state index is -0.406. The average molecular weight is 218 g/mol. The van der Waals surface area contributed by atoms with E-state index in [4.69, 9.17) is 9.15 Å². The summed E-state index contributed by atoms with van der Waals surface area (Å²) in [6.07, 6.45) is 0.950. The van der Waals surface area contributed by atoms with Crippen LogP contribution in [0.2, 0.25) is 0 Å². The number of hydrogen-bond donors (Lipinski definition) is 0. The van der Waals surface area contributed by atoms with Crippen molar-refractivity contribution >= 4 is 16.9 Å². The zero-order valence-electron chi connectivity index (χ0n) is 9.45. The summed E-state index contributed by atoms with van der Waals surface area (Å²) >= 11 is 0. The molecule has 0 aliphatic heterocycles. The molecular weight excluding hydrogens is 204 g/mol. The first-order valence-electron chi connectivity index (χ1n) is 5.44. The predicted molar refractivity (Wildman–Crippen MR) is 61.5 cm³/mol. The van der Waals surface area contributed by atoms with E-state index in [0.717, 1.165) is 17.4 Å². The SMILES string of the molecule is CCOC(=O)c1cc2ccc(CC)cc2o1. The number of fused-ring (bicyclic) bond motifs is 1. The van der Waals surface area contributed by atoms with E-state index in [2.05, 4.69) is 6.92 Å². The average Bonchev–Trinajstić information content (AvgIpc) is 2.71. The maximum absolute atomic E-state index is 11.5.